The van der Waals surface area contributed by atoms with Gasteiger partial charge >= 0.3 is 0 Å². The number of hydrogen-bond donors (Lipinski definition) is 2. The lowest BCUT2D eigenvalue weighted by molar-refractivity contribution is -0.892. The van der Waals surface area contributed by atoms with E-state index in [9.17, 15) is 9.90 Å². The quantitative estimate of drug-likeness (QED) is 0.832. The summed E-state index contributed by atoms with van der Waals surface area (Å²) < 4.78 is 0. The number of quaternary nitrogens is 1. The van der Waals surface area contributed by atoms with Gasteiger partial charge in [0.1, 0.15) is 5.75 Å². The van der Waals surface area contributed by atoms with Gasteiger partial charge in [-0.25, -0.2) is 0 Å². The largest absolute Gasteiger partial charge is 0.506 e. The van der Waals surface area contributed by atoms with E-state index in [1.54, 1.807) is 11.0 Å². The summed E-state index contributed by atoms with van der Waals surface area (Å²) in [6, 6.07) is 15.0. The number of phenolic OH excluding ortho intramolecular Hbond substituents is 1. The molecule has 0 aromatic heterocycles. The highest BCUT2D eigenvalue weighted by molar-refractivity contribution is 6.30. The fourth-order valence-corrected chi connectivity index (χ4v) is 3.53. The Morgan fingerprint density at radius 2 is 1.92 bits per heavy atom. The van der Waals surface area contributed by atoms with Crippen molar-refractivity contribution in [3.63, 3.8) is 0 Å². The highest BCUT2D eigenvalue weighted by Gasteiger charge is 2.24. The lowest BCUT2D eigenvalue weighted by Crippen LogP contribution is -3.15. The van der Waals surface area contributed by atoms with E-state index in [0.717, 1.165) is 37.4 Å². The van der Waals surface area contributed by atoms with Crippen LogP contribution in [0.1, 0.15) is 5.56 Å². The van der Waals surface area contributed by atoms with Crippen LogP contribution < -0.4 is 9.80 Å². The predicted molar refractivity (Wildman–Crippen MR) is 104 cm³/mol. The minimum absolute atomic E-state index is 0.135. The zero-order valence-electron chi connectivity index (χ0n) is 15.0. The number of likely N-dealkylation sites (N-methyl/N-ethyl adjacent to an activating group) is 1. The van der Waals surface area contributed by atoms with Gasteiger partial charge in [-0.1, -0.05) is 35.9 Å². The molecule has 6 heteroatoms. The first-order valence-corrected chi connectivity index (χ1v) is 9.25. The van der Waals surface area contributed by atoms with Gasteiger partial charge in [0.2, 0.25) is 0 Å². The molecule has 0 radical (unpaired) electrons. The smallest absolute Gasteiger partial charge is 0.277 e. The summed E-state index contributed by atoms with van der Waals surface area (Å²) in [5, 5.41) is 10.7. The van der Waals surface area contributed by atoms with E-state index in [1.807, 2.05) is 49.5 Å². The van der Waals surface area contributed by atoms with Crippen LogP contribution in [0, 0.1) is 0 Å². The SMILES string of the molecule is CN(Cc1cccc(Cl)c1)C(=O)C[NH+]1CCN(c2ccccc2O)CC1. The molecule has 1 amide bonds. The molecule has 0 atom stereocenters. The second kappa shape index (κ2) is 8.43. The lowest BCUT2D eigenvalue weighted by atomic mass is 10.2. The number of nitrogens with zero attached hydrogens (tertiary/aromatic N) is 2. The van der Waals surface area contributed by atoms with Crippen molar-refractivity contribution < 1.29 is 14.8 Å². The first-order valence-electron chi connectivity index (χ1n) is 8.88. The summed E-state index contributed by atoms with van der Waals surface area (Å²) in [5.74, 6) is 0.448. The van der Waals surface area contributed by atoms with Crippen molar-refractivity contribution in [1.82, 2.24) is 4.90 Å². The number of benzene rings is 2. The molecule has 2 N–H and O–H groups in total. The molecule has 0 aliphatic carbocycles. The van der Waals surface area contributed by atoms with Crippen LogP contribution in [-0.2, 0) is 11.3 Å². The highest BCUT2D eigenvalue weighted by atomic mass is 35.5. The van der Waals surface area contributed by atoms with Crippen LogP contribution in [0.5, 0.6) is 5.75 Å². The molecule has 3 rings (SSSR count). The van der Waals surface area contributed by atoms with Gasteiger partial charge in [0, 0.05) is 18.6 Å². The van der Waals surface area contributed by atoms with Crippen molar-refractivity contribution in [2.75, 3.05) is 44.7 Å². The predicted octanol–water partition coefficient (Wildman–Crippen LogP) is 1.41. The Bertz CT molecular complexity index is 760. The number of carbonyl (C=O) groups is 1. The molecule has 1 saturated heterocycles. The molecule has 0 spiro atoms. The average Bonchev–Trinajstić information content (AvgIpc) is 2.63. The second-order valence-electron chi connectivity index (χ2n) is 6.78. The molecule has 138 valence electrons. The fraction of sp³-hybridized carbons (Fsp3) is 0.350. The van der Waals surface area contributed by atoms with Crippen LogP contribution in [0.2, 0.25) is 5.02 Å². The van der Waals surface area contributed by atoms with E-state index >= 15 is 0 Å². The second-order valence-corrected chi connectivity index (χ2v) is 7.22. The van der Waals surface area contributed by atoms with Crippen molar-refractivity contribution in [1.29, 1.82) is 0 Å². The van der Waals surface area contributed by atoms with Gasteiger partial charge in [0.05, 0.1) is 31.9 Å². The van der Waals surface area contributed by atoms with Gasteiger partial charge in [-0.05, 0) is 29.8 Å². The van der Waals surface area contributed by atoms with Crippen LogP contribution in [0.25, 0.3) is 0 Å². The number of carbonyl (C=O) groups excluding carboxylic acids is 1. The maximum Gasteiger partial charge on any atom is 0.277 e. The van der Waals surface area contributed by atoms with Gasteiger partial charge < -0.3 is 19.8 Å². The van der Waals surface area contributed by atoms with Crippen molar-refractivity contribution in [3.05, 3.63) is 59.1 Å². The molecule has 0 bridgehead atoms. The zero-order chi connectivity index (χ0) is 18.5. The Balaban J connectivity index is 1.49. The molecule has 1 aliphatic heterocycles. The average molecular weight is 375 g/mol. The monoisotopic (exact) mass is 374 g/mol. The van der Waals surface area contributed by atoms with Crippen LogP contribution in [0.3, 0.4) is 0 Å². The third-order valence-electron chi connectivity index (χ3n) is 4.83. The number of piperazine rings is 1. The summed E-state index contributed by atoms with van der Waals surface area (Å²) >= 11 is 6.01. The van der Waals surface area contributed by atoms with Crippen molar-refractivity contribution >= 4 is 23.2 Å². The number of phenols is 1. The van der Waals surface area contributed by atoms with Crippen molar-refractivity contribution in [3.8, 4) is 5.75 Å². The molecule has 26 heavy (non-hydrogen) atoms. The first-order chi connectivity index (χ1) is 12.5. The third-order valence-corrected chi connectivity index (χ3v) is 5.06. The van der Waals surface area contributed by atoms with Crippen LogP contribution >= 0.6 is 11.6 Å². The highest BCUT2D eigenvalue weighted by Crippen LogP contribution is 2.25. The van der Waals surface area contributed by atoms with E-state index < -0.39 is 0 Å². The number of anilines is 1. The molecule has 0 saturated carbocycles. The Hall–Kier alpha value is -2.24. The molecule has 1 aliphatic rings. The van der Waals surface area contributed by atoms with E-state index in [0.29, 0.717) is 23.9 Å². The fourth-order valence-electron chi connectivity index (χ4n) is 3.32. The lowest BCUT2D eigenvalue weighted by Gasteiger charge is -2.34. The van der Waals surface area contributed by atoms with Gasteiger partial charge in [0.15, 0.2) is 6.54 Å². The number of rotatable bonds is 5. The number of aromatic hydroxyl groups is 1. The minimum atomic E-state index is 0.135. The van der Waals surface area contributed by atoms with Crippen LogP contribution in [0.15, 0.2) is 48.5 Å². The maximum atomic E-state index is 12.5. The zero-order valence-corrected chi connectivity index (χ0v) is 15.7. The molecule has 0 unspecified atom stereocenters. The molecular formula is C20H25ClN3O2+. The van der Waals surface area contributed by atoms with E-state index in [2.05, 4.69) is 4.90 Å². The van der Waals surface area contributed by atoms with Gasteiger partial charge in [-0.3, -0.25) is 4.79 Å². The molecule has 1 fully saturated rings. The number of nitrogens with one attached hydrogen (secondary N) is 1. The third kappa shape index (κ3) is 4.68. The van der Waals surface area contributed by atoms with Gasteiger partial charge in [-0.2, -0.15) is 0 Å². The number of amides is 1. The summed E-state index contributed by atoms with van der Waals surface area (Å²) in [6.07, 6.45) is 0. The summed E-state index contributed by atoms with van der Waals surface area (Å²) in [6.45, 7) is 4.48. The number of hydrogen-bond acceptors (Lipinski definition) is 3. The molecule has 2 aromatic carbocycles. The number of halogens is 1. The van der Waals surface area contributed by atoms with Gasteiger partial charge in [-0.15, -0.1) is 0 Å². The Labute approximate surface area is 159 Å². The minimum Gasteiger partial charge on any atom is -0.506 e. The van der Waals surface area contributed by atoms with Crippen molar-refractivity contribution in [2.24, 2.45) is 0 Å². The Kier molecular flexibility index (Phi) is 6.01. The molecule has 2 aromatic rings. The summed E-state index contributed by atoms with van der Waals surface area (Å²) in [4.78, 5) is 17.7. The topological polar surface area (TPSA) is 48.2 Å². The molecular weight excluding hydrogens is 350 g/mol. The van der Waals surface area contributed by atoms with Gasteiger partial charge in [0.25, 0.3) is 5.91 Å². The van der Waals surface area contributed by atoms with E-state index in [-0.39, 0.29) is 5.91 Å². The first kappa shape index (κ1) is 18.5. The van der Waals surface area contributed by atoms with Crippen LogP contribution in [0.4, 0.5) is 5.69 Å². The van der Waals surface area contributed by atoms with E-state index in [4.69, 9.17) is 11.6 Å². The Morgan fingerprint density at radius 1 is 1.19 bits per heavy atom. The molecule has 1 heterocycles. The van der Waals surface area contributed by atoms with Crippen molar-refractivity contribution in [2.45, 2.75) is 6.54 Å². The number of para-hydroxylation sites is 2. The summed E-state index contributed by atoms with van der Waals surface area (Å²) in [5.41, 5.74) is 1.91. The maximum absolute atomic E-state index is 12.5. The standard InChI is InChI=1S/C20H24ClN3O2/c1-22(14-16-5-4-6-17(21)13-16)20(26)15-23-9-11-24(12-10-23)18-7-2-3-8-19(18)25/h2-8,13,25H,9-12,14-15H2,1H3/p+1. The Morgan fingerprint density at radius 3 is 2.62 bits per heavy atom. The van der Waals surface area contributed by atoms with Crippen LogP contribution in [-0.4, -0.2) is 55.7 Å². The summed E-state index contributed by atoms with van der Waals surface area (Å²) in [7, 11) is 1.83. The normalized spacial score (nSPS) is 15.1. The molecule has 5 nitrogen and oxygen atoms in total. The van der Waals surface area contributed by atoms with E-state index in [1.165, 1.54) is 4.90 Å².